The van der Waals surface area contributed by atoms with Gasteiger partial charge in [-0.05, 0) is 42.7 Å². The van der Waals surface area contributed by atoms with Gasteiger partial charge in [-0.25, -0.2) is 0 Å². The molecule has 0 atom stereocenters. The maximum atomic E-state index is 5.86. The number of methoxy groups -OCH3 is 2. The normalized spacial score (nSPS) is 11.0. The van der Waals surface area contributed by atoms with Crippen LogP contribution >= 0.6 is 0 Å². The molecule has 1 heterocycles. The molecular formula is C29H32N2O4. The van der Waals surface area contributed by atoms with Gasteiger partial charge in [0.2, 0.25) is 0 Å². The molecule has 3 aromatic carbocycles. The molecule has 0 saturated carbocycles. The van der Waals surface area contributed by atoms with E-state index in [0.29, 0.717) is 36.2 Å². The van der Waals surface area contributed by atoms with E-state index in [1.54, 1.807) is 14.2 Å². The van der Waals surface area contributed by atoms with Crippen LogP contribution in [-0.2, 0) is 31.0 Å². The number of nitrogens with one attached hydrogen (secondary N) is 1. The molecule has 0 amide bonds. The third kappa shape index (κ3) is 6.50. The van der Waals surface area contributed by atoms with Crippen molar-refractivity contribution in [1.29, 1.82) is 0 Å². The molecule has 6 nitrogen and oxygen atoms in total. The molecule has 0 aliphatic rings. The maximum Gasteiger partial charge on any atom is 0.163 e. The summed E-state index contributed by atoms with van der Waals surface area (Å²) in [4.78, 5) is 0. The summed E-state index contributed by atoms with van der Waals surface area (Å²) in [5.41, 5.74) is 7.66. The van der Waals surface area contributed by atoms with Crippen molar-refractivity contribution in [3.05, 3.63) is 100 Å². The number of hydrogen-bond acceptors (Lipinski definition) is 6. The average molecular weight is 473 g/mol. The Morgan fingerprint density at radius 1 is 0.743 bits per heavy atom. The van der Waals surface area contributed by atoms with Crippen molar-refractivity contribution in [3.8, 4) is 22.8 Å². The molecule has 0 fully saturated rings. The zero-order chi connectivity index (χ0) is 24.6. The third-order valence-corrected chi connectivity index (χ3v) is 5.72. The zero-order valence-electron chi connectivity index (χ0n) is 20.8. The van der Waals surface area contributed by atoms with E-state index >= 15 is 0 Å². The van der Waals surface area contributed by atoms with E-state index in [0.717, 1.165) is 24.2 Å². The van der Waals surface area contributed by atoms with Gasteiger partial charge in [0.25, 0.3) is 0 Å². The first-order valence-electron chi connectivity index (χ1n) is 11.7. The van der Waals surface area contributed by atoms with Gasteiger partial charge in [0.1, 0.15) is 23.8 Å². The van der Waals surface area contributed by atoms with Crippen molar-refractivity contribution in [2.24, 2.45) is 0 Å². The molecule has 1 N–H and O–H groups in total. The highest BCUT2D eigenvalue weighted by atomic mass is 16.5. The predicted molar refractivity (Wildman–Crippen MR) is 136 cm³/mol. The highest BCUT2D eigenvalue weighted by Gasteiger charge is 2.16. The van der Waals surface area contributed by atoms with Gasteiger partial charge in [-0.3, -0.25) is 0 Å². The van der Waals surface area contributed by atoms with Gasteiger partial charge in [0, 0.05) is 19.2 Å². The Morgan fingerprint density at radius 3 is 2.03 bits per heavy atom. The topological polar surface area (TPSA) is 65.8 Å². The summed E-state index contributed by atoms with van der Waals surface area (Å²) in [5, 5.41) is 7.70. The Morgan fingerprint density at radius 2 is 1.37 bits per heavy atom. The number of benzene rings is 3. The fourth-order valence-electron chi connectivity index (χ4n) is 4.15. The molecule has 0 radical (unpaired) electrons. The van der Waals surface area contributed by atoms with Crippen LogP contribution in [0.4, 0.5) is 0 Å². The summed E-state index contributed by atoms with van der Waals surface area (Å²) in [6, 6.07) is 22.6. The maximum absolute atomic E-state index is 5.86. The molecule has 35 heavy (non-hydrogen) atoms. The van der Waals surface area contributed by atoms with Crippen molar-refractivity contribution in [2.45, 2.75) is 40.2 Å². The van der Waals surface area contributed by atoms with Gasteiger partial charge < -0.3 is 24.1 Å². The average Bonchev–Trinajstić information content (AvgIpc) is 3.32. The molecule has 0 spiro atoms. The summed E-state index contributed by atoms with van der Waals surface area (Å²) >= 11 is 0. The molecule has 4 aromatic rings. The lowest BCUT2D eigenvalue weighted by Gasteiger charge is -2.10. The Labute approximate surface area is 206 Å². The summed E-state index contributed by atoms with van der Waals surface area (Å²) in [5.74, 6) is 1.99. The molecule has 182 valence electrons. The van der Waals surface area contributed by atoms with Gasteiger partial charge in [-0.2, -0.15) is 0 Å². The van der Waals surface area contributed by atoms with Gasteiger partial charge in [-0.1, -0.05) is 64.8 Å². The lowest BCUT2D eigenvalue weighted by molar-refractivity contribution is 0.0884. The van der Waals surface area contributed by atoms with E-state index in [9.17, 15) is 0 Å². The SMILES string of the molecule is COc1cccc(OC)c1-c1cc(COCc2ccc(CNCc3cc(C)cc(C)c3)cc2)on1. The van der Waals surface area contributed by atoms with Crippen LogP contribution in [0.5, 0.6) is 11.5 Å². The van der Waals surface area contributed by atoms with Crippen LogP contribution in [-0.4, -0.2) is 19.4 Å². The van der Waals surface area contributed by atoms with Crippen molar-refractivity contribution >= 4 is 0 Å². The molecule has 0 bridgehead atoms. The minimum absolute atomic E-state index is 0.323. The molecule has 6 heteroatoms. The van der Waals surface area contributed by atoms with E-state index in [-0.39, 0.29) is 0 Å². The van der Waals surface area contributed by atoms with Gasteiger partial charge in [-0.15, -0.1) is 0 Å². The lowest BCUT2D eigenvalue weighted by atomic mass is 10.1. The molecule has 0 aliphatic heterocycles. The number of aryl methyl sites for hydroxylation is 2. The molecule has 4 rings (SSSR count). The monoisotopic (exact) mass is 472 g/mol. The van der Waals surface area contributed by atoms with Crippen LogP contribution in [0.3, 0.4) is 0 Å². The van der Waals surface area contributed by atoms with Crippen molar-refractivity contribution in [2.75, 3.05) is 14.2 Å². The minimum Gasteiger partial charge on any atom is -0.496 e. The lowest BCUT2D eigenvalue weighted by Crippen LogP contribution is -2.12. The third-order valence-electron chi connectivity index (χ3n) is 5.72. The van der Waals surface area contributed by atoms with Crippen LogP contribution in [0.25, 0.3) is 11.3 Å². The first-order valence-corrected chi connectivity index (χ1v) is 11.7. The summed E-state index contributed by atoms with van der Waals surface area (Å²) in [6.45, 7) is 6.76. The number of ether oxygens (including phenoxy) is 3. The molecular weight excluding hydrogens is 440 g/mol. The second-order valence-electron chi connectivity index (χ2n) is 8.62. The molecule has 0 saturated heterocycles. The van der Waals surface area contributed by atoms with E-state index in [1.807, 2.05) is 24.3 Å². The standard InChI is InChI=1S/C29H32N2O4/c1-20-12-21(2)14-24(13-20)17-30-16-22-8-10-23(11-9-22)18-34-19-25-15-26(31-35-25)29-27(32-3)6-5-7-28(29)33-4/h5-15,30H,16-19H2,1-4H3. The minimum atomic E-state index is 0.323. The smallest absolute Gasteiger partial charge is 0.163 e. The van der Waals surface area contributed by atoms with Crippen LogP contribution in [0, 0.1) is 13.8 Å². The quantitative estimate of drug-likeness (QED) is 0.290. The van der Waals surface area contributed by atoms with E-state index in [1.165, 1.54) is 22.3 Å². The first kappa shape index (κ1) is 24.5. The summed E-state index contributed by atoms with van der Waals surface area (Å²) in [7, 11) is 3.24. The van der Waals surface area contributed by atoms with Gasteiger partial charge in [0.15, 0.2) is 5.76 Å². The van der Waals surface area contributed by atoms with Crippen LogP contribution in [0.1, 0.15) is 33.6 Å². The fraction of sp³-hybridized carbons (Fsp3) is 0.276. The van der Waals surface area contributed by atoms with Crippen LogP contribution < -0.4 is 14.8 Å². The van der Waals surface area contributed by atoms with E-state index in [4.69, 9.17) is 18.7 Å². The van der Waals surface area contributed by atoms with Crippen molar-refractivity contribution in [3.63, 3.8) is 0 Å². The Kier molecular flexibility index (Phi) is 8.19. The Balaban J connectivity index is 1.26. The second-order valence-corrected chi connectivity index (χ2v) is 8.62. The number of hydrogen-bond donors (Lipinski definition) is 1. The Bertz CT molecular complexity index is 1210. The largest absolute Gasteiger partial charge is 0.496 e. The van der Waals surface area contributed by atoms with E-state index < -0.39 is 0 Å². The first-order chi connectivity index (χ1) is 17.1. The highest BCUT2D eigenvalue weighted by Crippen LogP contribution is 2.37. The Hall–Kier alpha value is -3.61. The van der Waals surface area contributed by atoms with E-state index in [2.05, 4.69) is 66.8 Å². The number of rotatable bonds is 11. The summed E-state index contributed by atoms with van der Waals surface area (Å²) in [6.07, 6.45) is 0. The zero-order valence-corrected chi connectivity index (χ0v) is 20.8. The van der Waals surface area contributed by atoms with Crippen molar-refractivity contribution < 1.29 is 18.7 Å². The van der Waals surface area contributed by atoms with Crippen molar-refractivity contribution in [1.82, 2.24) is 10.5 Å². The van der Waals surface area contributed by atoms with Gasteiger partial charge >= 0.3 is 0 Å². The van der Waals surface area contributed by atoms with Crippen LogP contribution in [0.15, 0.2) is 71.3 Å². The van der Waals surface area contributed by atoms with Gasteiger partial charge in [0.05, 0.1) is 26.4 Å². The summed E-state index contributed by atoms with van der Waals surface area (Å²) < 4.78 is 22.3. The predicted octanol–water partition coefficient (Wildman–Crippen LogP) is 5.98. The highest BCUT2D eigenvalue weighted by molar-refractivity contribution is 5.74. The number of aromatic nitrogens is 1. The molecule has 0 aliphatic carbocycles. The van der Waals surface area contributed by atoms with Crippen LogP contribution in [0.2, 0.25) is 0 Å². The molecule has 0 unspecified atom stereocenters. The molecule has 1 aromatic heterocycles. The second kappa shape index (κ2) is 11.7. The number of nitrogens with zero attached hydrogens (tertiary/aromatic N) is 1. The fourth-order valence-corrected chi connectivity index (χ4v) is 4.15.